The first-order chi connectivity index (χ1) is 10.4. The molecule has 0 aromatic heterocycles. The molecule has 130 valence electrons. The van der Waals surface area contributed by atoms with Gasteiger partial charge in [-0.1, -0.05) is 11.6 Å². The van der Waals surface area contributed by atoms with Crippen molar-refractivity contribution in [1.82, 2.24) is 14.9 Å². The largest absolute Gasteiger partial charge is 0.353 e. The van der Waals surface area contributed by atoms with Gasteiger partial charge in [0.1, 0.15) is 0 Å². The van der Waals surface area contributed by atoms with E-state index < -0.39 is 10.0 Å². The molecule has 9 heteroatoms. The monoisotopic (exact) mass is 381 g/mol. The molecule has 1 atom stereocenters. The molecule has 1 amide bonds. The summed E-state index contributed by atoms with van der Waals surface area (Å²) in [5.74, 6) is -0.311. The second-order valence-corrected chi connectivity index (χ2v) is 7.79. The van der Waals surface area contributed by atoms with Crippen molar-refractivity contribution in [2.24, 2.45) is 0 Å². The van der Waals surface area contributed by atoms with Crippen LogP contribution in [0.3, 0.4) is 0 Å². The van der Waals surface area contributed by atoms with Crippen LogP contribution in [0.5, 0.6) is 0 Å². The number of nitrogens with zero attached hydrogens (tertiary/aromatic N) is 1. The summed E-state index contributed by atoms with van der Waals surface area (Å²) in [5.41, 5.74) is 0. The van der Waals surface area contributed by atoms with Gasteiger partial charge in [-0.3, -0.25) is 4.79 Å². The van der Waals surface area contributed by atoms with Crippen LogP contribution in [0.25, 0.3) is 0 Å². The number of carbonyl (C=O) groups is 1. The summed E-state index contributed by atoms with van der Waals surface area (Å²) in [6.07, 6.45) is 2.13. The van der Waals surface area contributed by atoms with Crippen LogP contribution in [-0.2, 0) is 14.8 Å². The number of amides is 1. The molecule has 6 nitrogen and oxygen atoms in total. The molecule has 0 radical (unpaired) electrons. The van der Waals surface area contributed by atoms with Crippen LogP contribution < -0.4 is 10.6 Å². The predicted octanol–water partition coefficient (Wildman–Crippen LogP) is 1.25. The minimum absolute atomic E-state index is 0. The van der Waals surface area contributed by atoms with Crippen LogP contribution in [-0.4, -0.2) is 51.4 Å². The first kappa shape index (κ1) is 20.2. The van der Waals surface area contributed by atoms with Gasteiger partial charge >= 0.3 is 0 Å². The van der Waals surface area contributed by atoms with E-state index in [1.165, 1.54) is 31.3 Å². The average molecular weight is 382 g/mol. The first-order valence-corrected chi connectivity index (χ1v) is 8.93. The molecule has 1 unspecified atom stereocenters. The Bertz CT molecular complexity index is 617. The number of likely N-dealkylation sites (N-methyl/N-ethyl adjacent to an activating group) is 1. The lowest BCUT2D eigenvalue weighted by atomic mass is 10.2. The third kappa shape index (κ3) is 5.61. The summed E-state index contributed by atoms with van der Waals surface area (Å²) < 4.78 is 25.7. The van der Waals surface area contributed by atoms with Gasteiger partial charge in [-0.2, -0.15) is 4.31 Å². The zero-order chi connectivity index (χ0) is 16.2. The Balaban J connectivity index is 0.00000264. The molecule has 2 rings (SSSR count). The Morgan fingerprint density at radius 1 is 1.39 bits per heavy atom. The molecule has 0 saturated carbocycles. The van der Waals surface area contributed by atoms with E-state index in [-0.39, 0.29) is 35.8 Å². The molecular formula is C14H21Cl2N3O3S. The Labute approximate surface area is 148 Å². The zero-order valence-electron chi connectivity index (χ0n) is 12.8. The maximum absolute atomic E-state index is 12.3. The van der Waals surface area contributed by atoms with Crippen molar-refractivity contribution in [3.05, 3.63) is 29.3 Å². The number of halogens is 2. The second kappa shape index (κ2) is 8.84. The lowest BCUT2D eigenvalue weighted by Crippen LogP contribution is -2.42. The average Bonchev–Trinajstić information content (AvgIpc) is 2.99. The van der Waals surface area contributed by atoms with E-state index in [9.17, 15) is 13.2 Å². The highest BCUT2D eigenvalue weighted by Gasteiger charge is 2.23. The van der Waals surface area contributed by atoms with Gasteiger partial charge in [0.15, 0.2) is 0 Å². The predicted molar refractivity (Wildman–Crippen MR) is 92.6 cm³/mol. The van der Waals surface area contributed by atoms with Crippen molar-refractivity contribution < 1.29 is 13.2 Å². The maximum Gasteiger partial charge on any atom is 0.243 e. The normalized spacial score (nSPS) is 17.8. The molecule has 1 saturated heterocycles. The van der Waals surface area contributed by atoms with Crippen LogP contribution in [0.1, 0.15) is 12.8 Å². The fourth-order valence-corrected chi connectivity index (χ4v) is 3.55. The quantitative estimate of drug-likeness (QED) is 0.776. The molecule has 1 aliphatic heterocycles. The van der Waals surface area contributed by atoms with Crippen LogP contribution in [0, 0.1) is 0 Å². The lowest BCUT2D eigenvalue weighted by Gasteiger charge is -2.18. The fraction of sp³-hybridized carbons (Fsp3) is 0.500. The Morgan fingerprint density at radius 2 is 2.04 bits per heavy atom. The molecule has 0 aliphatic carbocycles. The van der Waals surface area contributed by atoms with Crippen LogP contribution in [0.2, 0.25) is 5.02 Å². The van der Waals surface area contributed by atoms with Gasteiger partial charge in [0, 0.05) is 24.7 Å². The fourth-order valence-electron chi connectivity index (χ4n) is 2.30. The highest BCUT2D eigenvalue weighted by molar-refractivity contribution is 7.89. The number of benzene rings is 1. The van der Waals surface area contributed by atoms with Crippen molar-refractivity contribution in [3.8, 4) is 0 Å². The van der Waals surface area contributed by atoms with E-state index in [0.717, 1.165) is 23.7 Å². The molecule has 1 aliphatic rings. The van der Waals surface area contributed by atoms with Crippen molar-refractivity contribution in [1.29, 1.82) is 0 Å². The SMILES string of the molecule is CN(CC(=O)NCC1CCCN1)S(=O)(=O)c1ccc(Cl)cc1.Cl. The van der Waals surface area contributed by atoms with Crippen LogP contribution in [0.15, 0.2) is 29.2 Å². The van der Waals surface area contributed by atoms with Crippen molar-refractivity contribution >= 4 is 39.9 Å². The van der Waals surface area contributed by atoms with Gasteiger partial charge in [0.05, 0.1) is 11.4 Å². The molecule has 2 N–H and O–H groups in total. The summed E-state index contributed by atoms with van der Waals surface area (Å²) >= 11 is 5.75. The number of sulfonamides is 1. The number of carbonyl (C=O) groups excluding carboxylic acids is 1. The highest BCUT2D eigenvalue weighted by atomic mass is 35.5. The molecule has 1 fully saturated rings. The van der Waals surface area contributed by atoms with Gasteiger partial charge in [-0.15, -0.1) is 12.4 Å². The molecule has 0 spiro atoms. The molecule has 0 bridgehead atoms. The number of hydrogen-bond acceptors (Lipinski definition) is 4. The van der Waals surface area contributed by atoms with E-state index in [4.69, 9.17) is 11.6 Å². The van der Waals surface area contributed by atoms with E-state index >= 15 is 0 Å². The topological polar surface area (TPSA) is 78.5 Å². The second-order valence-electron chi connectivity index (χ2n) is 5.31. The van der Waals surface area contributed by atoms with E-state index in [1.807, 2.05) is 0 Å². The third-order valence-electron chi connectivity index (χ3n) is 3.60. The summed E-state index contributed by atoms with van der Waals surface area (Å²) in [7, 11) is -2.30. The Morgan fingerprint density at radius 3 is 2.61 bits per heavy atom. The molecule has 23 heavy (non-hydrogen) atoms. The minimum Gasteiger partial charge on any atom is -0.353 e. The Hall–Kier alpha value is -0.860. The van der Waals surface area contributed by atoms with Gasteiger partial charge in [0.25, 0.3) is 0 Å². The molecule has 1 aromatic carbocycles. The lowest BCUT2D eigenvalue weighted by molar-refractivity contribution is -0.121. The molecule has 1 aromatic rings. The summed E-state index contributed by atoms with van der Waals surface area (Å²) in [6.45, 7) is 1.27. The summed E-state index contributed by atoms with van der Waals surface area (Å²) in [6, 6.07) is 6.15. The smallest absolute Gasteiger partial charge is 0.243 e. The van der Waals surface area contributed by atoms with Gasteiger partial charge in [0.2, 0.25) is 15.9 Å². The first-order valence-electron chi connectivity index (χ1n) is 7.11. The maximum atomic E-state index is 12.3. The summed E-state index contributed by atoms with van der Waals surface area (Å²) in [4.78, 5) is 12.0. The van der Waals surface area contributed by atoms with Crippen LogP contribution >= 0.6 is 24.0 Å². The summed E-state index contributed by atoms with van der Waals surface area (Å²) in [5, 5.41) is 6.49. The Kier molecular flexibility index (Phi) is 7.76. The number of rotatable bonds is 6. The van der Waals surface area contributed by atoms with Gasteiger partial charge in [-0.05, 0) is 43.7 Å². The van der Waals surface area contributed by atoms with Gasteiger partial charge in [-0.25, -0.2) is 8.42 Å². The van der Waals surface area contributed by atoms with Crippen molar-refractivity contribution in [2.75, 3.05) is 26.7 Å². The van der Waals surface area contributed by atoms with Gasteiger partial charge < -0.3 is 10.6 Å². The zero-order valence-corrected chi connectivity index (χ0v) is 15.2. The minimum atomic E-state index is -3.69. The van der Waals surface area contributed by atoms with Crippen molar-refractivity contribution in [2.45, 2.75) is 23.8 Å². The molecule has 1 heterocycles. The van der Waals surface area contributed by atoms with E-state index in [2.05, 4.69) is 10.6 Å². The van der Waals surface area contributed by atoms with E-state index in [0.29, 0.717) is 11.6 Å². The van der Waals surface area contributed by atoms with Crippen LogP contribution in [0.4, 0.5) is 0 Å². The standard InChI is InChI=1S/C14H20ClN3O3S.ClH/c1-18(10-14(19)17-9-12-3-2-8-16-12)22(20,21)13-6-4-11(15)5-7-13;/h4-7,12,16H,2-3,8-10H2,1H3,(H,17,19);1H. The highest BCUT2D eigenvalue weighted by Crippen LogP contribution is 2.17. The third-order valence-corrected chi connectivity index (χ3v) is 5.67. The number of hydrogen-bond donors (Lipinski definition) is 2. The number of nitrogens with one attached hydrogen (secondary N) is 2. The van der Waals surface area contributed by atoms with E-state index in [1.54, 1.807) is 0 Å². The van der Waals surface area contributed by atoms with Crippen molar-refractivity contribution in [3.63, 3.8) is 0 Å². The molecular weight excluding hydrogens is 361 g/mol.